The van der Waals surface area contributed by atoms with Crippen molar-refractivity contribution < 1.29 is 5.11 Å². The lowest BCUT2D eigenvalue weighted by molar-refractivity contribution is 0.0701. The van der Waals surface area contributed by atoms with Gasteiger partial charge in [-0.1, -0.05) is 6.92 Å². The molecule has 2 rings (SSSR count). The largest absolute Gasteiger partial charge is 0.394 e. The van der Waals surface area contributed by atoms with E-state index in [1.54, 1.807) is 0 Å². The van der Waals surface area contributed by atoms with Crippen molar-refractivity contribution in [3.05, 3.63) is 21.0 Å². The van der Waals surface area contributed by atoms with E-state index in [-0.39, 0.29) is 6.61 Å². The Labute approximate surface area is 92.3 Å². The monoisotopic (exact) mass is 227 g/mol. The zero-order valence-electron chi connectivity index (χ0n) is 9.32. The molecule has 1 aliphatic rings. The summed E-state index contributed by atoms with van der Waals surface area (Å²) < 4.78 is 1.14. The Morgan fingerprint density at radius 1 is 1.31 bits per heavy atom. The van der Waals surface area contributed by atoms with Crippen molar-refractivity contribution in [2.24, 2.45) is 5.92 Å². The smallest absolute Gasteiger partial charge is 0.344 e. The lowest BCUT2D eigenvalue weighted by Crippen LogP contribution is -2.50. The molecule has 0 amide bonds. The summed E-state index contributed by atoms with van der Waals surface area (Å²) in [4.78, 5) is 23.1. The van der Waals surface area contributed by atoms with Gasteiger partial charge in [-0.05, 0) is 31.6 Å². The zero-order valence-corrected chi connectivity index (χ0v) is 9.32. The first-order valence-corrected chi connectivity index (χ1v) is 5.60. The highest BCUT2D eigenvalue weighted by molar-refractivity contribution is 4.92. The number of hydrogen-bond acceptors (Lipinski definition) is 3. The molecule has 0 atom stereocenters. The quantitative estimate of drug-likeness (QED) is 0.651. The molecule has 0 bridgehead atoms. The van der Waals surface area contributed by atoms with Crippen LogP contribution in [-0.4, -0.2) is 26.5 Å². The Morgan fingerprint density at radius 2 is 1.81 bits per heavy atom. The van der Waals surface area contributed by atoms with Crippen LogP contribution in [0.1, 0.15) is 32.6 Å². The minimum absolute atomic E-state index is 0.166. The molecule has 0 unspecified atom stereocenters. The fourth-order valence-electron chi connectivity index (χ4n) is 2.49. The number of nitrogens with zero attached hydrogens (tertiary/aromatic N) is 1. The molecular formula is C10H17N3O3. The maximum atomic E-state index is 11.5. The third kappa shape index (κ3) is 1.63. The first-order chi connectivity index (χ1) is 7.59. The number of H-pyrrole nitrogens is 2. The molecule has 0 spiro atoms. The van der Waals surface area contributed by atoms with E-state index in [0.717, 1.165) is 17.4 Å². The topological polar surface area (TPSA) is 90.9 Å². The van der Waals surface area contributed by atoms with Gasteiger partial charge in [-0.2, -0.15) is 0 Å². The summed E-state index contributed by atoms with van der Waals surface area (Å²) in [6.07, 6.45) is 3.20. The number of hydrogen-bond donors (Lipinski definition) is 3. The number of aromatic nitrogens is 3. The standard InChI is InChI=1S/C10H17N3O3/c1-7-2-4-10(6-14,5-3-7)13-8(15)11-12-9(13)16/h7,14H,2-6H2,1H3,(H,11,15)(H,12,16). The minimum Gasteiger partial charge on any atom is -0.394 e. The van der Waals surface area contributed by atoms with Crippen molar-refractivity contribution >= 4 is 0 Å². The van der Waals surface area contributed by atoms with E-state index in [0.29, 0.717) is 18.8 Å². The van der Waals surface area contributed by atoms with Gasteiger partial charge in [0.15, 0.2) is 0 Å². The van der Waals surface area contributed by atoms with Crippen LogP contribution in [0.5, 0.6) is 0 Å². The molecular weight excluding hydrogens is 210 g/mol. The molecule has 1 heterocycles. The van der Waals surface area contributed by atoms with E-state index in [1.807, 2.05) is 0 Å². The second kappa shape index (κ2) is 3.93. The summed E-state index contributed by atoms with van der Waals surface area (Å²) in [6.45, 7) is 1.98. The van der Waals surface area contributed by atoms with Gasteiger partial charge >= 0.3 is 11.4 Å². The maximum absolute atomic E-state index is 11.5. The average Bonchev–Trinajstić information content (AvgIpc) is 2.62. The van der Waals surface area contributed by atoms with Crippen molar-refractivity contribution in [3.63, 3.8) is 0 Å². The van der Waals surface area contributed by atoms with E-state index in [2.05, 4.69) is 17.1 Å². The molecule has 1 aromatic rings. The van der Waals surface area contributed by atoms with Gasteiger partial charge < -0.3 is 5.11 Å². The number of aromatic amines is 2. The minimum atomic E-state index is -0.711. The Morgan fingerprint density at radius 3 is 2.25 bits per heavy atom. The fraction of sp³-hybridized carbons (Fsp3) is 0.800. The van der Waals surface area contributed by atoms with Crippen LogP contribution in [0, 0.1) is 5.92 Å². The highest BCUT2D eigenvalue weighted by atomic mass is 16.3. The van der Waals surface area contributed by atoms with E-state index in [4.69, 9.17) is 0 Å². The molecule has 3 N–H and O–H groups in total. The van der Waals surface area contributed by atoms with Crippen molar-refractivity contribution in [2.45, 2.75) is 38.1 Å². The van der Waals surface area contributed by atoms with E-state index >= 15 is 0 Å². The van der Waals surface area contributed by atoms with Crippen LogP contribution in [0.3, 0.4) is 0 Å². The molecule has 1 aliphatic carbocycles. The maximum Gasteiger partial charge on any atom is 0.344 e. The molecule has 1 fully saturated rings. The van der Waals surface area contributed by atoms with Crippen LogP contribution in [-0.2, 0) is 5.54 Å². The predicted octanol–water partition coefficient (Wildman–Crippen LogP) is -0.238. The second-order valence-corrected chi connectivity index (χ2v) is 4.76. The first kappa shape index (κ1) is 11.2. The summed E-state index contributed by atoms with van der Waals surface area (Å²) in [5, 5.41) is 14.0. The Hall–Kier alpha value is -1.30. The lowest BCUT2D eigenvalue weighted by atomic mass is 9.77. The van der Waals surface area contributed by atoms with Gasteiger partial charge in [-0.3, -0.25) is 0 Å². The molecule has 1 aromatic heterocycles. The summed E-state index contributed by atoms with van der Waals surface area (Å²) in [5.41, 5.74) is -1.64. The lowest BCUT2D eigenvalue weighted by Gasteiger charge is -2.37. The number of aliphatic hydroxyl groups excluding tert-OH is 1. The number of aliphatic hydroxyl groups is 1. The SMILES string of the molecule is CC1CCC(CO)(n2c(=O)[nH][nH]c2=O)CC1. The molecule has 0 aliphatic heterocycles. The molecule has 0 radical (unpaired) electrons. The fourth-order valence-corrected chi connectivity index (χ4v) is 2.49. The van der Waals surface area contributed by atoms with Gasteiger partial charge in [0.1, 0.15) is 0 Å². The molecule has 6 heteroatoms. The molecule has 90 valence electrons. The van der Waals surface area contributed by atoms with Crippen LogP contribution >= 0.6 is 0 Å². The van der Waals surface area contributed by atoms with Crippen LogP contribution in [0.2, 0.25) is 0 Å². The second-order valence-electron chi connectivity index (χ2n) is 4.76. The van der Waals surface area contributed by atoms with Gasteiger partial charge in [0, 0.05) is 0 Å². The summed E-state index contributed by atoms with van der Waals surface area (Å²) in [6, 6.07) is 0. The van der Waals surface area contributed by atoms with E-state index in [9.17, 15) is 14.7 Å². The first-order valence-electron chi connectivity index (χ1n) is 5.60. The molecule has 1 saturated carbocycles. The predicted molar refractivity (Wildman–Crippen MR) is 58.4 cm³/mol. The van der Waals surface area contributed by atoms with Gasteiger partial charge in [-0.25, -0.2) is 24.4 Å². The van der Waals surface area contributed by atoms with Crippen LogP contribution in [0.4, 0.5) is 0 Å². The van der Waals surface area contributed by atoms with Crippen molar-refractivity contribution in [1.29, 1.82) is 0 Å². The number of rotatable bonds is 2. The van der Waals surface area contributed by atoms with E-state index < -0.39 is 16.9 Å². The molecule has 0 aromatic carbocycles. The van der Waals surface area contributed by atoms with Crippen molar-refractivity contribution in [1.82, 2.24) is 14.8 Å². The Balaban J connectivity index is 2.43. The van der Waals surface area contributed by atoms with Crippen molar-refractivity contribution in [2.75, 3.05) is 6.61 Å². The Kier molecular flexibility index (Phi) is 2.75. The van der Waals surface area contributed by atoms with Crippen LogP contribution < -0.4 is 11.4 Å². The van der Waals surface area contributed by atoms with Crippen molar-refractivity contribution in [3.8, 4) is 0 Å². The third-order valence-corrected chi connectivity index (χ3v) is 3.66. The third-order valence-electron chi connectivity index (χ3n) is 3.66. The highest BCUT2D eigenvalue weighted by Gasteiger charge is 2.38. The molecule has 16 heavy (non-hydrogen) atoms. The highest BCUT2D eigenvalue weighted by Crippen LogP contribution is 2.35. The molecule has 0 saturated heterocycles. The summed E-state index contributed by atoms with van der Waals surface area (Å²) >= 11 is 0. The zero-order chi connectivity index (χ0) is 11.8. The van der Waals surface area contributed by atoms with E-state index in [1.165, 1.54) is 0 Å². The normalized spacial score (nSPS) is 30.5. The van der Waals surface area contributed by atoms with Crippen LogP contribution in [0.25, 0.3) is 0 Å². The summed E-state index contributed by atoms with van der Waals surface area (Å²) in [5.74, 6) is 0.591. The van der Waals surface area contributed by atoms with Gasteiger partial charge in [0.25, 0.3) is 0 Å². The number of nitrogens with one attached hydrogen (secondary N) is 2. The van der Waals surface area contributed by atoms with Crippen LogP contribution in [0.15, 0.2) is 9.59 Å². The van der Waals surface area contributed by atoms with Gasteiger partial charge in [0.05, 0.1) is 12.1 Å². The Bertz CT molecular complexity index is 435. The molecule has 6 nitrogen and oxygen atoms in total. The average molecular weight is 227 g/mol. The van der Waals surface area contributed by atoms with Gasteiger partial charge in [0.2, 0.25) is 0 Å². The summed E-state index contributed by atoms with van der Waals surface area (Å²) in [7, 11) is 0. The van der Waals surface area contributed by atoms with Gasteiger partial charge in [-0.15, -0.1) is 0 Å².